The van der Waals surface area contributed by atoms with E-state index in [-0.39, 0.29) is 18.1 Å². The molecule has 8 nitrogen and oxygen atoms in total. The van der Waals surface area contributed by atoms with Crippen LogP contribution in [0.1, 0.15) is 5.56 Å². The van der Waals surface area contributed by atoms with E-state index < -0.39 is 23.7 Å². The van der Waals surface area contributed by atoms with Gasteiger partial charge < -0.3 is 20.6 Å². The van der Waals surface area contributed by atoms with Crippen LogP contribution >= 0.6 is 0 Å². The maximum absolute atomic E-state index is 10.9. The summed E-state index contributed by atoms with van der Waals surface area (Å²) in [7, 11) is 0. The molecule has 0 spiro atoms. The minimum absolute atomic E-state index is 0.0136. The minimum Gasteiger partial charge on any atom is -0.393 e. The second-order valence-corrected chi connectivity index (χ2v) is 3.98. The van der Waals surface area contributed by atoms with E-state index in [2.05, 4.69) is 10.3 Å². The lowest BCUT2D eigenvalue weighted by Crippen LogP contribution is -2.44. The van der Waals surface area contributed by atoms with Crippen LogP contribution in [0.2, 0.25) is 0 Å². The number of nitrogens with one attached hydrogen (secondary N) is 1. The molecule has 0 radical (unpaired) electrons. The third kappa shape index (κ3) is 3.13. The Morgan fingerprint density at radius 2 is 2.11 bits per heavy atom. The minimum atomic E-state index is -1.75. The standard InChI is InChI=1S/C10H15N3O5/c1-7-2-3-11-9(8(7)13(17)18)12-4-10(16,5-14)6-15/h2-3,14-16H,4-6H2,1H3,(H,11,12). The third-order valence-electron chi connectivity index (χ3n) is 2.48. The number of aliphatic hydroxyl groups excluding tert-OH is 2. The maximum Gasteiger partial charge on any atom is 0.314 e. The molecule has 0 fully saturated rings. The summed E-state index contributed by atoms with van der Waals surface area (Å²) in [6, 6.07) is 1.49. The van der Waals surface area contributed by atoms with Crippen molar-refractivity contribution in [1.82, 2.24) is 4.98 Å². The first kappa shape index (κ1) is 14.3. The van der Waals surface area contributed by atoms with E-state index in [0.29, 0.717) is 5.56 Å². The average molecular weight is 257 g/mol. The van der Waals surface area contributed by atoms with Crippen molar-refractivity contribution in [3.63, 3.8) is 0 Å². The molecule has 0 aromatic carbocycles. The fourth-order valence-electron chi connectivity index (χ4n) is 1.32. The van der Waals surface area contributed by atoms with E-state index in [1.165, 1.54) is 12.3 Å². The second kappa shape index (κ2) is 5.71. The van der Waals surface area contributed by atoms with Gasteiger partial charge >= 0.3 is 5.69 Å². The number of aliphatic hydroxyl groups is 3. The van der Waals surface area contributed by atoms with Gasteiger partial charge in [0.1, 0.15) is 5.60 Å². The number of nitro groups is 1. The highest BCUT2D eigenvalue weighted by atomic mass is 16.6. The van der Waals surface area contributed by atoms with Gasteiger partial charge in [-0.1, -0.05) is 0 Å². The smallest absolute Gasteiger partial charge is 0.314 e. The molecule has 1 aromatic heterocycles. The van der Waals surface area contributed by atoms with Gasteiger partial charge in [0.25, 0.3) is 0 Å². The van der Waals surface area contributed by atoms with Gasteiger partial charge in [0, 0.05) is 18.3 Å². The SMILES string of the molecule is Cc1ccnc(NCC(O)(CO)CO)c1[N+](=O)[O-]. The normalized spacial score (nSPS) is 11.3. The summed E-state index contributed by atoms with van der Waals surface area (Å²) in [5.74, 6) is -0.0136. The van der Waals surface area contributed by atoms with Crippen LogP contribution in [0.25, 0.3) is 0 Å². The Morgan fingerprint density at radius 1 is 1.50 bits per heavy atom. The van der Waals surface area contributed by atoms with Crippen molar-refractivity contribution in [2.75, 3.05) is 25.1 Å². The molecule has 0 saturated heterocycles. The van der Waals surface area contributed by atoms with Crippen molar-refractivity contribution in [1.29, 1.82) is 0 Å². The van der Waals surface area contributed by atoms with Crippen molar-refractivity contribution < 1.29 is 20.2 Å². The molecular weight excluding hydrogens is 242 g/mol. The molecular formula is C10H15N3O5. The van der Waals surface area contributed by atoms with Gasteiger partial charge in [0.2, 0.25) is 5.82 Å². The van der Waals surface area contributed by atoms with Crippen LogP contribution < -0.4 is 5.32 Å². The molecule has 8 heteroatoms. The van der Waals surface area contributed by atoms with Crippen LogP contribution in [0.5, 0.6) is 0 Å². The number of pyridine rings is 1. The Morgan fingerprint density at radius 3 is 2.61 bits per heavy atom. The molecule has 100 valence electrons. The number of aromatic nitrogens is 1. The van der Waals surface area contributed by atoms with E-state index in [1.807, 2.05) is 0 Å². The first-order valence-electron chi connectivity index (χ1n) is 5.21. The first-order valence-corrected chi connectivity index (χ1v) is 5.21. The molecule has 0 aliphatic rings. The zero-order chi connectivity index (χ0) is 13.8. The molecule has 1 rings (SSSR count). The zero-order valence-corrected chi connectivity index (χ0v) is 9.83. The van der Waals surface area contributed by atoms with Gasteiger partial charge in [-0.05, 0) is 13.0 Å². The number of aryl methyl sites for hydroxylation is 1. The summed E-state index contributed by atoms with van der Waals surface area (Å²) < 4.78 is 0. The summed E-state index contributed by atoms with van der Waals surface area (Å²) in [6.07, 6.45) is 1.39. The quantitative estimate of drug-likeness (QED) is 0.396. The fraction of sp³-hybridized carbons (Fsp3) is 0.500. The zero-order valence-electron chi connectivity index (χ0n) is 9.83. The largest absolute Gasteiger partial charge is 0.393 e. The first-order chi connectivity index (χ1) is 8.43. The number of anilines is 1. The highest BCUT2D eigenvalue weighted by Gasteiger charge is 2.27. The van der Waals surface area contributed by atoms with Gasteiger partial charge in [0.15, 0.2) is 0 Å². The highest BCUT2D eigenvalue weighted by molar-refractivity contribution is 5.59. The Kier molecular flexibility index (Phi) is 4.54. The maximum atomic E-state index is 10.9. The van der Waals surface area contributed by atoms with Crippen LogP contribution in [0, 0.1) is 17.0 Å². The van der Waals surface area contributed by atoms with Gasteiger partial charge in [0.05, 0.1) is 18.1 Å². The lowest BCUT2D eigenvalue weighted by molar-refractivity contribution is -0.384. The monoisotopic (exact) mass is 257 g/mol. The van der Waals surface area contributed by atoms with E-state index in [0.717, 1.165) is 0 Å². The molecule has 0 aliphatic carbocycles. The summed E-state index contributed by atoms with van der Waals surface area (Å²) in [5.41, 5.74) is -1.52. The van der Waals surface area contributed by atoms with Gasteiger partial charge in [-0.25, -0.2) is 4.98 Å². The molecule has 1 aromatic rings. The van der Waals surface area contributed by atoms with Crippen molar-refractivity contribution in [2.45, 2.75) is 12.5 Å². The Labute approximate surface area is 103 Å². The topological polar surface area (TPSA) is 129 Å². The number of hydrogen-bond acceptors (Lipinski definition) is 7. The van der Waals surface area contributed by atoms with Crippen LogP contribution in [-0.4, -0.2) is 50.6 Å². The highest BCUT2D eigenvalue weighted by Crippen LogP contribution is 2.25. The predicted molar refractivity (Wildman–Crippen MR) is 63.2 cm³/mol. The van der Waals surface area contributed by atoms with Gasteiger partial charge in [-0.15, -0.1) is 0 Å². The van der Waals surface area contributed by atoms with Gasteiger partial charge in [-0.2, -0.15) is 0 Å². The van der Waals surface area contributed by atoms with Crippen LogP contribution in [0.15, 0.2) is 12.3 Å². The molecule has 0 atom stereocenters. The lowest BCUT2D eigenvalue weighted by Gasteiger charge is -2.23. The number of rotatable bonds is 6. The summed E-state index contributed by atoms with van der Waals surface area (Å²) in [4.78, 5) is 14.1. The summed E-state index contributed by atoms with van der Waals surface area (Å²) in [6.45, 7) is -0.0290. The van der Waals surface area contributed by atoms with E-state index >= 15 is 0 Å². The molecule has 0 saturated carbocycles. The van der Waals surface area contributed by atoms with Crippen LogP contribution in [-0.2, 0) is 0 Å². The van der Waals surface area contributed by atoms with Crippen molar-refractivity contribution in [2.24, 2.45) is 0 Å². The Balaban J connectivity index is 2.92. The van der Waals surface area contributed by atoms with Crippen molar-refractivity contribution >= 4 is 11.5 Å². The lowest BCUT2D eigenvalue weighted by atomic mass is 10.1. The predicted octanol–water partition coefficient (Wildman–Crippen LogP) is -0.574. The summed E-state index contributed by atoms with van der Waals surface area (Å²) in [5, 5.41) is 40.8. The van der Waals surface area contributed by atoms with Crippen LogP contribution in [0.4, 0.5) is 11.5 Å². The number of nitrogens with zero attached hydrogens (tertiary/aromatic N) is 2. The molecule has 0 bridgehead atoms. The van der Waals surface area contributed by atoms with Gasteiger partial charge in [-0.3, -0.25) is 10.1 Å². The average Bonchev–Trinajstić information content (AvgIpc) is 2.35. The van der Waals surface area contributed by atoms with E-state index in [1.54, 1.807) is 6.92 Å². The molecule has 1 heterocycles. The Bertz CT molecular complexity index is 434. The van der Waals surface area contributed by atoms with E-state index in [4.69, 9.17) is 10.2 Å². The fourth-order valence-corrected chi connectivity index (χ4v) is 1.32. The molecule has 0 unspecified atom stereocenters. The second-order valence-electron chi connectivity index (χ2n) is 3.98. The molecule has 4 N–H and O–H groups in total. The molecule has 18 heavy (non-hydrogen) atoms. The Hall–Kier alpha value is -1.77. The van der Waals surface area contributed by atoms with Crippen molar-refractivity contribution in [3.05, 3.63) is 27.9 Å². The molecule has 0 aliphatic heterocycles. The van der Waals surface area contributed by atoms with Crippen molar-refractivity contribution in [3.8, 4) is 0 Å². The van der Waals surface area contributed by atoms with Crippen LogP contribution in [0.3, 0.4) is 0 Å². The summed E-state index contributed by atoms with van der Waals surface area (Å²) >= 11 is 0. The molecule has 0 amide bonds. The third-order valence-corrected chi connectivity index (χ3v) is 2.48. The number of hydrogen-bond donors (Lipinski definition) is 4. The van der Waals surface area contributed by atoms with E-state index in [9.17, 15) is 15.2 Å².